The van der Waals surface area contributed by atoms with Crippen LogP contribution in [-0.2, 0) is 9.68 Å². The molecule has 0 aromatic rings. The monoisotopic (exact) mass is 417 g/mol. The van der Waals surface area contributed by atoms with Gasteiger partial charge in [-0.1, -0.05) is 95.6 Å². The third-order valence-electron chi connectivity index (χ3n) is 5.27. The minimum absolute atomic E-state index is 0.208. The van der Waals surface area contributed by atoms with Crippen molar-refractivity contribution >= 4 is 0 Å². The van der Waals surface area contributed by atoms with Gasteiger partial charge in [0.1, 0.15) is 0 Å². The van der Waals surface area contributed by atoms with Crippen LogP contribution in [0, 0.1) is 0 Å². The zero-order chi connectivity index (χ0) is 21.3. The van der Waals surface area contributed by atoms with E-state index in [0.717, 1.165) is 38.6 Å². The molecule has 0 aliphatic rings. The fourth-order valence-corrected chi connectivity index (χ4v) is 3.36. The van der Waals surface area contributed by atoms with E-state index in [9.17, 15) is 0 Å². The fraction of sp³-hybridized carbons (Fsp3) is 1.00. The van der Waals surface area contributed by atoms with E-state index in [2.05, 4.69) is 6.92 Å². The van der Waals surface area contributed by atoms with Crippen LogP contribution in [0.5, 0.6) is 0 Å². The first kappa shape index (κ1) is 28.8. The SMILES string of the molecule is CCCCCCCCCCCCCCCCN(OCCCCO)OCCCCO. The predicted molar refractivity (Wildman–Crippen MR) is 122 cm³/mol. The van der Waals surface area contributed by atoms with Crippen molar-refractivity contribution in [3.05, 3.63) is 0 Å². The lowest BCUT2D eigenvalue weighted by Crippen LogP contribution is -2.27. The summed E-state index contributed by atoms with van der Waals surface area (Å²) in [6.07, 6.45) is 22.2. The van der Waals surface area contributed by atoms with Crippen molar-refractivity contribution in [3.8, 4) is 0 Å². The Morgan fingerprint density at radius 3 is 1.24 bits per heavy atom. The molecule has 0 aliphatic heterocycles. The molecule has 2 N–H and O–H groups in total. The van der Waals surface area contributed by atoms with Crippen molar-refractivity contribution in [1.82, 2.24) is 5.23 Å². The summed E-state index contributed by atoms with van der Waals surface area (Å²) >= 11 is 0. The number of rotatable bonds is 25. The molecule has 0 aromatic carbocycles. The van der Waals surface area contributed by atoms with Crippen LogP contribution in [0.25, 0.3) is 0 Å². The van der Waals surface area contributed by atoms with Crippen LogP contribution in [0.1, 0.15) is 122 Å². The molecule has 0 unspecified atom stereocenters. The minimum atomic E-state index is 0.208. The van der Waals surface area contributed by atoms with Crippen molar-refractivity contribution in [2.45, 2.75) is 122 Å². The summed E-state index contributed by atoms with van der Waals surface area (Å²) in [6, 6.07) is 0. The summed E-state index contributed by atoms with van der Waals surface area (Å²) in [5.74, 6) is 0. The van der Waals surface area contributed by atoms with Gasteiger partial charge in [0.15, 0.2) is 0 Å². The van der Waals surface area contributed by atoms with E-state index >= 15 is 0 Å². The molecule has 0 radical (unpaired) electrons. The van der Waals surface area contributed by atoms with Crippen molar-refractivity contribution in [2.24, 2.45) is 0 Å². The largest absolute Gasteiger partial charge is 0.396 e. The predicted octanol–water partition coefficient (Wildman–Crippen LogP) is 6.18. The molecule has 0 bridgehead atoms. The van der Waals surface area contributed by atoms with Crippen molar-refractivity contribution < 1.29 is 19.9 Å². The Labute approximate surface area is 181 Å². The Morgan fingerprint density at radius 1 is 0.483 bits per heavy atom. The van der Waals surface area contributed by atoms with E-state index in [1.807, 2.05) is 0 Å². The van der Waals surface area contributed by atoms with Gasteiger partial charge in [-0.3, -0.25) is 9.68 Å². The topological polar surface area (TPSA) is 62.2 Å². The van der Waals surface area contributed by atoms with Crippen LogP contribution in [0.2, 0.25) is 0 Å². The summed E-state index contributed by atoms with van der Waals surface area (Å²) in [5, 5.41) is 19.3. The standard InChI is InChI=1S/C24H51NO4/c1-2-3-4-5-6-7-8-9-10-11-12-13-14-15-20-25(28-23-18-16-21-26)29-24-19-17-22-27/h26-27H,2-24H2,1H3. The van der Waals surface area contributed by atoms with Crippen LogP contribution in [0.3, 0.4) is 0 Å². The molecular formula is C24H51NO4. The molecule has 0 rings (SSSR count). The maximum Gasteiger partial charge on any atom is 0.0712 e. The molecule has 29 heavy (non-hydrogen) atoms. The maximum atomic E-state index is 8.85. The number of unbranched alkanes of at least 4 members (excludes halogenated alkanes) is 15. The van der Waals surface area contributed by atoms with E-state index in [-0.39, 0.29) is 13.2 Å². The maximum absolute atomic E-state index is 8.85. The van der Waals surface area contributed by atoms with Gasteiger partial charge >= 0.3 is 0 Å². The highest BCUT2D eigenvalue weighted by molar-refractivity contribution is 4.50. The highest BCUT2D eigenvalue weighted by Gasteiger charge is 2.06. The van der Waals surface area contributed by atoms with E-state index < -0.39 is 0 Å². The van der Waals surface area contributed by atoms with Gasteiger partial charge in [-0.05, 0) is 32.1 Å². The van der Waals surface area contributed by atoms with Gasteiger partial charge in [0.25, 0.3) is 0 Å². The molecule has 5 heteroatoms. The van der Waals surface area contributed by atoms with Crippen LogP contribution in [-0.4, -0.2) is 48.4 Å². The lowest BCUT2D eigenvalue weighted by Gasteiger charge is -2.21. The summed E-state index contributed by atoms with van der Waals surface area (Å²) in [4.78, 5) is 11.4. The van der Waals surface area contributed by atoms with Gasteiger partial charge in [0, 0.05) is 13.2 Å². The first-order valence-corrected chi connectivity index (χ1v) is 12.6. The molecule has 0 heterocycles. The zero-order valence-corrected chi connectivity index (χ0v) is 19.4. The van der Waals surface area contributed by atoms with Gasteiger partial charge in [0.05, 0.1) is 19.8 Å². The van der Waals surface area contributed by atoms with Gasteiger partial charge < -0.3 is 10.2 Å². The average molecular weight is 418 g/mol. The molecule has 0 saturated carbocycles. The second-order valence-electron chi connectivity index (χ2n) is 8.18. The zero-order valence-electron chi connectivity index (χ0n) is 19.4. The third kappa shape index (κ3) is 23.9. The number of aliphatic hydroxyl groups is 2. The number of nitrogens with zero attached hydrogens (tertiary/aromatic N) is 1. The highest BCUT2D eigenvalue weighted by atomic mass is 16.9. The Balaban J connectivity index is 3.50. The summed E-state index contributed by atoms with van der Waals surface area (Å²) in [6.45, 7) is 4.65. The lowest BCUT2D eigenvalue weighted by molar-refractivity contribution is -0.369. The van der Waals surface area contributed by atoms with Crippen LogP contribution < -0.4 is 0 Å². The van der Waals surface area contributed by atoms with Gasteiger partial charge in [-0.2, -0.15) is 0 Å². The van der Waals surface area contributed by atoms with Crippen molar-refractivity contribution in [1.29, 1.82) is 0 Å². The van der Waals surface area contributed by atoms with E-state index in [4.69, 9.17) is 19.9 Å². The lowest BCUT2D eigenvalue weighted by atomic mass is 10.0. The van der Waals surface area contributed by atoms with E-state index in [1.165, 1.54) is 83.5 Å². The molecular weight excluding hydrogens is 366 g/mol. The first-order valence-electron chi connectivity index (χ1n) is 12.6. The van der Waals surface area contributed by atoms with Gasteiger partial charge in [-0.25, -0.2) is 0 Å². The number of hydrogen-bond acceptors (Lipinski definition) is 5. The Morgan fingerprint density at radius 2 is 0.862 bits per heavy atom. The van der Waals surface area contributed by atoms with Crippen molar-refractivity contribution in [3.63, 3.8) is 0 Å². The molecule has 0 aromatic heterocycles. The average Bonchev–Trinajstić information content (AvgIpc) is 2.73. The molecule has 0 saturated heterocycles. The van der Waals surface area contributed by atoms with E-state index in [1.54, 1.807) is 5.23 Å². The smallest absolute Gasteiger partial charge is 0.0712 e. The number of hydrogen-bond donors (Lipinski definition) is 2. The Kier molecular flexibility index (Phi) is 25.7. The summed E-state index contributed by atoms with van der Waals surface area (Å²) in [5.41, 5.74) is 0. The molecule has 0 amide bonds. The minimum Gasteiger partial charge on any atom is -0.396 e. The molecule has 0 spiro atoms. The molecule has 0 atom stereocenters. The summed E-state index contributed by atoms with van der Waals surface area (Å²) in [7, 11) is 0. The van der Waals surface area contributed by atoms with Crippen molar-refractivity contribution in [2.75, 3.05) is 33.0 Å². The third-order valence-corrected chi connectivity index (χ3v) is 5.27. The second-order valence-corrected chi connectivity index (χ2v) is 8.18. The second kappa shape index (κ2) is 25.8. The highest BCUT2D eigenvalue weighted by Crippen LogP contribution is 2.13. The summed E-state index contributed by atoms with van der Waals surface area (Å²) < 4.78 is 0. The molecule has 0 fully saturated rings. The Bertz CT molecular complexity index is 280. The molecule has 176 valence electrons. The normalized spacial score (nSPS) is 11.6. The number of aliphatic hydroxyl groups excluding tert-OH is 2. The Hall–Kier alpha value is -0.200. The van der Waals surface area contributed by atoms with Gasteiger partial charge in [0.2, 0.25) is 0 Å². The molecule has 5 nitrogen and oxygen atoms in total. The fourth-order valence-electron chi connectivity index (χ4n) is 3.36. The number of hydroxylamine groups is 2. The first-order chi connectivity index (χ1) is 14.3. The van der Waals surface area contributed by atoms with Gasteiger partial charge in [-0.15, -0.1) is 0 Å². The van der Waals surface area contributed by atoms with Crippen LogP contribution >= 0.6 is 0 Å². The van der Waals surface area contributed by atoms with Crippen LogP contribution in [0.4, 0.5) is 0 Å². The van der Waals surface area contributed by atoms with E-state index in [0.29, 0.717) is 13.2 Å². The molecule has 0 aliphatic carbocycles. The van der Waals surface area contributed by atoms with Crippen LogP contribution in [0.15, 0.2) is 0 Å². The quantitative estimate of drug-likeness (QED) is 0.137.